The Labute approximate surface area is 95.4 Å². The largest absolute Gasteiger partial charge is 0.476 e. The van der Waals surface area contributed by atoms with Gasteiger partial charge < -0.3 is 4.74 Å². The van der Waals surface area contributed by atoms with Gasteiger partial charge in [0.05, 0.1) is 0 Å². The summed E-state index contributed by atoms with van der Waals surface area (Å²) in [5.41, 5.74) is 1.94. The molecule has 1 rings (SSSR count). The first-order valence-corrected chi connectivity index (χ1v) is 5.29. The van der Waals surface area contributed by atoms with Gasteiger partial charge in [-0.25, -0.2) is 0 Å². The Morgan fingerprint density at radius 2 is 1.93 bits per heavy atom. The monoisotopic (exact) mass is 223 g/mol. The molecule has 0 fully saturated rings. The van der Waals surface area contributed by atoms with Crippen LogP contribution in [0, 0.1) is 25.2 Å². The van der Waals surface area contributed by atoms with Crippen molar-refractivity contribution in [2.24, 2.45) is 0 Å². The SMILES string of the molecule is CCC(C#N)Oc1cc(C)c(Cl)c(C)c1. The third kappa shape index (κ3) is 2.87. The second-order valence-electron chi connectivity index (χ2n) is 3.51. The molecule has 0 heterocycles. The molecule has 0 spiro atoms. The van der Waals surface area contributed by atoms with Gasteiger partial charge in [-0.15, -0.1) is 0 Å². The Hall–Kier alpha value is -1.20. The van der Waals surface area contributed by atoms with Gasteiger partial charge in [0, 0.05) is 5.02 Å². The van der Waals surface area contributed by atoms with Crippen molar-refractivity contribution in [3.63, 3.8) is 0 Å². The van der Waals surface area contributed by atoms with E-state index in [1.54, 1.807) is 0 Å². The van der Waals surface area contributed by atoms with Crippen molar-refractivity contribution < 1.29 is 4.74 Å². The average Bonchev–Trinajstić information content (AvgIpc) is 2.22. The molecule has 0 N–H and O–H groups in total. The fourth-order valence-electron chi connectivity index (χ4n) is 1.34. The van der Waals surface area contributed by atoms with Gasteiger partial charge in [0.25, 0.3) is 0 Å². The average molecular weight is 224 g/mol. The number of rotatable bonds is 3. The maximum absolute atomic E-state index is 8.78. The van der Waals surface area contributed by atoms with Gasteiger partial charge in [-0.3, -0.25) is 0 Å². The fourth-order valence-corrected chi connectivity index (χ4v) is 1.45. The number of hydrogen-bond acceptors (Lipinski definition) is 2. The Balaban J connectivity index is 2.93. The van der Waals surface area contributed by atoms with E-state index in [1.807, 2.05) is 32.9 Å². The molecule has 0 aromatic heterocycles. The quantitative estimate of drug-likeness (QED) is 0.784. The lowest BCUT2D eigenvalue weighted by molar-refractivity contribution is 0.251. The molecule has 1 unspecified atom stereocenters. The zero-order valence-corrected chi connectivity index (χ0v) is 9.93. The summed E-state index contributed by atoms with van der Waals surface area (Å²) in [5.74, 6) is 0.711. The van der Waals surface area contributed by atoms with E-state index in [-0.39, 0.29) is 6.10 Å². The highest BCUT2D eigenvalue weighted by molar-refractivity contribution is 6.32. The van der Waals surface area contributed by atoms with Crippen LogP contribution in [0.1, 0.15) is 24.5 Å². The summed E-state index contributed by atoms with van der Waals surface area (Å²) >= 11 is 6.03. The van der Waals surface area contributed by atoms with Crippen LogP contribution in [0.3, 0.4) is 0 Å². The van der Waals surface area contributed by atoms with Gasteiger partial charge in [0.15, 0.2) is 6.10 Å². The van der Waals surface area contributed by atoms with E-state index in [0.717, 1.165) is 16.1 Å². The number of nitrogens with zero attached hydrogens (tertiary/aromatic N) is 1. The van der Waals surface area contributed by atoms with Crippen LogP contribution in [0.2, 0.25) is 5.02 Å². The van der Waals surface area contributed by atoms with Crippen LogP contribution >= 0.6 is 11.6 Å². The standard InChI is InChI=1S/C12H14ClNO/c1-4-10(7-14)15-11-5-8(2)12(13)9(3)6-11/h5-6,10H,4H2,1-3H3. The lowest BCUT2D eigenvalue weighted by Crippen LogP contribution is -2.12. The minimum absolute atomic E-state index is 0.384. The minimum Gasteiger partial charge on any atom is -0.476 e. The fraction of sp³-hybridized carbons (Fsp3) is 0.417. The van der Waals surface area contributed by atoms with Gasteiger partial charge in [-0.05, 0) is 43.5 Å². The normalized spacial score (nSPS) is 11.9. The van der Waals surface area contributed by atoms with Crippen molar-refractivity contribution in [3.05, 3.63) is 28.3 Å². The molecular formula is C12H14ClNO. The van der Waals surface area contributed by atoms with Crippen LogP contribution in [-0.2, 0) is 0 Å². The molecule has 1 aromatic rings. The molecule has 0 aliphatic carbocycles. The van der Waals surface area contributed by atoms with Crippen LogP contribution in [0.5, 0.6) is 5.75 Å². The van der Waals surface area contributed by atoms with E-state index >= 15 is 0 Å². The Kier molecular flexibility index (Phi) is 3.99. The van der Waals surface area contributed by atoms with Crippen molar-refractivity contribution >= 4 is 11.6 Å². The minimum atomic E-state index is -0.384. The lowest BCUT2D eigenvalue weighted by Gasteiger charge is -2.12. The number of nitriles is 1. The predicted octanol–water partition coefficient (Wildman–Crippen LogP) is 3.64. The van der Waals surface area contributed by atoms with Crippen LogP contribution in [0.4, 0.5) is 0 Å². The Bertz CT molecular complexity index is 372. The van der Waals surface area contributed by atoms with Crippen LogP contribution < -0.4 is 4.74 Å². The third-order valence-electron chi connectivity index (χ3n) is 2.20. The van der Waals surface area contributed by atoms with E-state index in [1.165, 1.54) is 0 Å². The molecule has 2 nitrogen and oxygen atoms in total. The topological polar surface area (TPSA) is 33.0 Å². The summed E-state index contributed by atoms with van der Waals surface area (Å²) in [5, 5.41) is 9.54. The summed E-state index contributed by atoms with van der Waals surface area (Å²) < 4.78 is 5.51. The summed E-state index contributed by atoms with van der Waals surface area (Å²) in [6, 6.07) is 5.81. The molecule has 0 saturated carbocycles. The molecule has 15 heavy (non-hydrogen) atoms. The number of aryl methyl sites for hydroxylation is 2. The maximum atomic E-state index is 8.78. The zero-order valence-electron chi connectivity index (χ0n) is 9.17. The van der Waals surface area contributed by atoms with Crippen molar-refractivity contribution in [1.82, 2.24) is 0 Å². The van der Waals surface area contributed by atoms with Crippen molar-refractivity contribution in [3.8, 4) is 11.8 Å². The first-order chi connectivity index (χ1) is 7.08. The molecule has 0 bridgehead atoms. The summed E-state index contributed by atoms with van der Waals surface area (Å²) in [6.07, 6.45) is 0.294. The van der Waals surface area contributed by atoms with Crippen molar-refractivity contribution in [1.29, 1.82) is 5.26 Å². The molecule has 0 aliphatic heterocycles. The molecule has 0 aliphatic rings. The van der Waals surface area contributed by atoms with E-state index in [4.69, 9.17) is 21.6 Å². The van der Waals surface area contributed by atoms with E-state index < -0.39 is 0 Å². The van der Waals surface area contributed by atoms with Gasteiger partial charge in [-0.1, -0.05) is 18.5 Å². The van der Waals surface area contributed by atoms with E-state index in [9.17, 15) is 0 Å². The summed E-state index contributed by atoms with van der Waals surface area (Å²) in [6.45, 7) is 5.77. The second kappa shape index (κ2) is 5.04. The summed E-state index contributed by atoms with van der Waals surface area (Å²) in [7, 11) is 0. The molecule has 1 atom stereocenters. The Morgan fingerprint density at radius 1 is 1.40 bits per heavy atom. The molecule has 1 aromatic carbocycles. The van der Waals surface area contributed by atoms with Crippen molar-refractivity contribution in [2.45, 2.75) is 33.3 Å². The van der Waals surface area contributed by atoms with E-state index in [0.29, 0.717) is 12.2 Å². The van der Waals surface area contributed by atoms with E-state index in [2.05, 4.69) is 6.07 Å². The number of hydrogen-bond donors (Lipinski definition) is 0. The van der Waals surface area contributed by atoms with Crippen LogP contribution in [0.15, 0.2) is 12.1 Å². The second-order valence-corrected chi connectivity index (χ2v) is 3.89. The van der Waals surface area contributed by atoms with Gasteiger partial charge in [-0.2, -0.15) is 5.26 Å². The first kappa shape index (κ1) is 11.9. The molecule has 0 radical (unpaired) electrons. The number of halogens is 1. The maximum Gasteiger partial charge on any atom is 0.184 e. The smallest absolute Gasteiger partial charge is 0.184 e. The number of benzene rings is 1. The molecular weight excluding hydrogens is 210 g/mol. The highest BCUT2D eigenvalue weighted by Crippen LogP contribution is 2.26. The molecule has 80 valence electrons. The third-order valence-corrected chi connectivity index (χ3v) is 2.80. The molecule has 0 saturated heterocycles. The van der Waals surface area contributed by atoms with Crippen molar-refractivity contribution in [2.75, 3.05) is 0 Å². The highest BCUT2D eigenvalue weighted by atomic mass is 35.5. The van der Waals surface area contributed by atoms with Gasteiger partial charge >= 0.3 is 0 Å². The lowest BCUT2D eigenvalue weighted by atomic mass is 10.1. The summed E-state index contributed by atoms with van der Waals surface area (Å²) in [4.78, 5) is 0. The molecule has 3 heteroatoms. The highest BCUT2D eigenvalue weighted by Gasteiger charge is 2.08. The Morgan fingerprint density at radius 3 is 2.33 bits per heavy atom. The predicted molar refractivity (Wildman–Crippen MR) is 61.2 cm³/mol. The zero-order chi connectivity index (χ0) is 11.4. The van der Waals surface area contributed by atoms with Gasteiger partial charge in [0.1, 0.15) is 11.8 Å². The van der Waals surface area contributed by atoms with Crippen LogP contribution in [0.25, 0.3) is 0 Å². The number of ether oxygens (including phenoxy) is 1. The first-order valence-electron chi connectivity index (χ1n) is 4.91. The van der Waals surface area contributed by atoms with Crippen LogP contribution in [-0.4, -0.2) is 6.10 Å². The van der Waals surface area contributed by atoms with Gasteiger partial charge in [0.2, 0.25) is 0 Å². The molecule has 0 amide bonds.